The van der Waals surface area contributed by atoms with Crippen LogP contribution in [0.15, 0.2) is 24.3 Å². The van der Waals surface area contributed by atoms with Gasteiger partial charge in [0.05, 0.1) is 5.92 Å². The van der Waals surface area contributed by atoms with Crippen molar-refractivity contribution in [3.05, 3.63) is 34.9 Å². The van der Waals surface area contributed by atoms with Gasteiger partial charge < -0.3 is 10.0 Å². The van der Waals surface area contributed by atoms with Crippen molar-refractivity contribution in [2.24, 2.45) is 17.3 Å². The van der Waals surface area contributed by atoms with E-state index in [0.29, 0.717) is 18.1 Å². The van der Waals surface area contributed by atoms with E-state index in [1.165, 1.54) is 0 Å². The van der Waals surface area contributed by atoms with Gasteiger partial charge in [-0.2, -0.15) is 0 Å². The summed E-state index contributed by atoms with van der Waals surface area (Å²) in [5.74, 6) is -1.41. The number of benzene rings is 1. The fourth-order valence-electron chi connectivity index (χ4n) is 3.39. The summed E-state index contributed by atoms with van der Waals surface area (Å²) in [6.45, 7) is 4.94. The second-order valence-electron chi connectivity index (χ2n) is 7.09. The molecule has 3 atom stereocenters. The molecule has 0 bridgehead atoms. The van der Waals surface area contributed by atoms with Crippen LogP contribution in [-0.2, 0) is 9.59 Å². The number of hydrogen-bond acceptors (Lipinski definition) is 2. The molecule has 1 amide bonds. The Labute approximate surface area is 135 Å². The van der Waals surface area contributed by atoms with Crippen molar-refractivity contribution >= 4 is 23.5 Å². The number of rotatable bonds is 3. The molecule has 1 saturated heterocycles. The number of hydrogen-bond donors (Lipinski definition) is 1. The first-order chi connectivity index (χ1) is 10.3. The Bertz CT molecular complexity index is 611. The second-order valence-corrected chi connectivity index (χ2v) is 7.53. The molecule has 1 aliphatic heterocycles. The minimum absolute atomic E-state index is 0.0471. The summed E-state index contributed by atoms with van der Waals surface area (Å²) < 4.78 is 0. The van der Waals surface area contributed by atoms with Gasteiger partial charge in [0.25, 0.3) is 0 Å². The zero-order valence-electron chi connectivity index (χ0n) is 12.8. The molecule has 4 nitrogen and oxygen atoms in total. The Morgan fingerprint density at radius 2 is 1.82 bits per heavy atom. The number of aliphatic carboxylic acids is 1. The molecule has 2 aliphatic rings. The lowest BCUT2D eigenvalue weighted by Gasteiger charge is -2.17. The summed E-state index contributed by atoms with van der Waals surface area (Å²) in [7, 11) is 0. The Morgan fingerprint density at radius 1 is 1.23 bits per heavy atom. The third-order valence-electron chi connectivity index (χ3n) is 5.06. The monoisotopic (exact) mass is 321 g/mol. The largest absolute Gasteiger partial charge is 0.481 e. The number of carboxylic acid groups (broad SMARTS) is 1. The molecular formula is C17H20ClNO3. The molecule has 22 heavy (non-hydrogen) atoms. The predicted octanol–water partition coefficient (Wildman–Crippen LogP) is 3.01. The average molecular weight is 322 g/mol. The third-order valence-corrected chi connectivity index (χ3v) is 5.31. The van der Waals surface area contributed by atoms with Crippen LogP contribution in [0, 0.1) is 17.3 Å². The molecule has 1 aromatic rings. The van der Waals surface area contributed by atoms with Crippen LogP contribution in [0.25, 0.3) is 0 Å². The van der Waals surface area contributed by atoms with Gasteiger partial charge in [-0.1, -0.05) is 37.6 Å². The van der Waals surface area contributed by atoms with Gasteiger partial charge in [-0.15, -0.1) is 0 Å². The molecule has 1 aromatic carbocycles. The summed E-state index contributed by atoms with van der Waals surface area (Å²) in [6.07, 6.45) is 0.895. The normalized spacial score (nSPS) is 29.4. The highest BCUT2D eigenvalue weighted by atomic mass is 35.5. The lowest BCUT2D eigenvalue weighted by molar-refractivity contribution is -0.142. The molecule has 3 rings (SSSR count). The molecule has 2 fully saturated rings. The third kappa shape index (κ3) is 2.72. The summed E-state index contributed by atoms with van der Waals surface area (Å²) in [5.41, 5.74) is 0.996. The minimum atomic E-state index is -0.842. The van der Waals surface area contributed by atoms with E-state index in [2.05, 4.69) is 13.8 Å². The first-order valence-electron chi connectivity index (χ1n) is 7.56. The average Bonchev–Trinajstić information content (AvgIpc) is 2.90. The van der Waals surface area contributed by atoms with Gasteiger partial charge in [-0.05, 0) is 29.5 Å². The van der Waals surface area contributed by atoms with Gasteiger partial charge >= 0.3 is 5.97 Å². The molecule has 5 heteroatoms. The first-order valence-corrected chi connectivity index (χ1v) is 7.94. The number of likely N-dealkylation sites (tertiary alicyclic amines) is 1. The van der Waals surface area contributed by atoms with Crippen molar-refractivity contribution in [1.29, 1.82) is 0 Å². The van der Waals surface area contributed by atoms with Crippen molar-refractivity contribution in [2.45, 2.75) is 26.2 Å². The number of carbonyl (C=O) groups is 2. The number of nitrogens with zero attached hydrogens (tertiary/aromatic N) is 1. The number of halogens is 1. The van der Waals surface area contributed by atoms with E-state index in [-0.39, 0.29) is 23.2 Å². The van der Waals surface area contributed by atoms with Crippen LogP contribution in [0.2, 0.25) is 5.02 Å². The van der Waals surface area contributed by atoms with Crippen LogP contribution in [0.4, 0.5) is 0 Å². The Morgan fingerprint density at radius 3 is 2.32 bits per heavy atom. The van der Waals surface area contributed by atoms with Gasteiger partial charge in [0, 0.05) is 29.9 Å². The molecule has 118 valence electrons. The maximum absolute atomic E-state index is 12.5. The van der Waals surface area contributed by atoms with Crippen LogP contribution < -0.4 is 0 Å². The van der Waals surface area contributed by atoms with E-state index < -0.39 is 11.9 Å². The Kier molecular flexibility index (Phi) is 3.68. The van der Waals surface area contributed by atoms with E-state index in [0.717, 1.165) is 12.0 Å². The lowest BCUT2D eigenvalue weighted by Crippen LogP contribution is -2.32. The number of carboxylic acids is 1. The first kappa shape index (κ1) is 15.3. The maximum Gasteiger partial charge on any atom is 0.308 e. The van der Waals surface area contributed by atoms with Crippen molar-refractivity contribution in [3.8, 4) is 0 Å². The maximum atomic E-state index is 12.5. The number of carbonyl (C=O) groups excluding carboxylic acids is 1. The molecule has 1 unspecified atom stereocenters. The summed E-state index contributed by atoms with van der Waals surface area (Å²) in [5, 5.41) is 10.1. The minimum Gasteiger partial charge on any atom is -0.481 e. The quantitative estimate of drug-likeness (QED) is 0.931. The van der Waals surface area contributed by atoms with Crippen LogP contribution in [0.5, 0.6) is 0 Å². The zero-order chi connectivity index (χ0) is 16.1. The van der Waals surface area contributed by atoms with E-state index in [9.17, 15) is 14.7 Å². The van der Waals surface area contributed by atoms with Crippen LogP contribution in [0.1, 0.15) is 31.7 Å². The second kappa shape index (κ2) is 5.27. The van der Waals surface area contributed by atoms with Crippen molar-refractivity contribution < 1.29 is 14.7 Å². The van der Waals surface area contributed by atoms with Crippen molar-refractivity contribution in [2.75, 3.05) is 13.1 Å². The van der Waals surface area contributed by atoms with Gasteiger partial charge in [0.2, 0.25) is 5.91 Å². The predicted molar refractivity (Wildman–Crippen MR) is 83.8 cm³/mol. The highest BCUT2D eigenvalue weighted by Crippen LogP contribution is 2.53. The molecule has 0 spiro atoms. The SMILES string of the molecule is CC1(C)CC1C(=O)N1C[C@@H](C(=O)O)[C@H](c2ccc(Cl)cc2)C1. The summed E-state index contributed by atoms with van der Waals surface area (Å²) in [6, 6.07) is 7.25. The molecule has 1 heterocycles. The van der Waals surface area contributed by atoms with Gasteiger partial charge in [0.1, 0.15) is 0 Å². The molecular weight excluding hydrogens is 302 g/mol. The topological polar surface area (TPSA) is 57.6 Å². The smallest absolute Gasteiger partial charge is 0.308 e. The van der Waals surface area contributed by atoms with Crippen LogP contribution in [0.3, 0.4) is 0 Å². The molecule has 1 N–H and O–H groups in total. The molecule has 1 aliphatic carbocycles. The summed E-state index contributed by atoms with van der Waals surface area (Å²) >= 11 is 5.90. The van der Waals surface area contributed by atoms with E-state index in [4.69, 9.17) is 11.6 Å². The van der Waals surface area contributed by atoms with Gasteiger partial charge in [0.15, 0.2) is 0 Å². The molecule has 0 aromatic heterocycles. The zero-order valence-corrected chi connectivity index (χ0v) is 13.5. The lowest BCUT2D eigenvalue weighted by atomic mass is 9.89. The van der Waals surface area contributed by atoms with Crippen molar-refractivity contribution in [3.63, 3.8) is 0 Å². The Balaban J connectivity index is 1.79. The Hall–Kier alpha value is -1.55. The number of amides is 1. The fourth-order valence-corrected chi connectivity index (χ4v) is 3.52. The van der Waals surface area contributed by atoms with Crippen LogP contribution in [-0.4, -0.2) is 35.0 Å². The fraction of sp³-hybridized carbons (Fsp3) is 0.529. The van der Waals surface area contributed by atoms with E-state index >= 15 is 0 Å². The van der Waals surface area contributed by atoms with Gasteiger partial charge in [-0.25, -0.2) is 0 Å². The van der Waals surface area contributed by atoms with Crippen molar-refractivity contribution in [1.82, 2.24) is 4.90 Å². The highest BCUT2D eigenvalue weighted by Gasteiger charge is 2.53. The standard InChI is InChI=1S/C17H20ClNO3/c1-17(2)7-14(17)15(20)19-8-12(13(9-19)16(21)22)10-3-5-11(18)6-4-10/h3-6,12-14H,7-9H2,1-2H3,(H,21,22)/t12-,13+,14?/m0/s1. The van der Waals surface area contributed by atoms with Crippen LogP contribution >= 0.6 is 11.6 Å². The van der Waals surface area contributed by atoms with E-state index in [1.807, 2.05) is 12.1 Å². The van der Waals surface area contributed by atoms with E-state index in [1.54, 1.807) is 17.0 Å². The molecule has 0 radical (unpaired) electrons. The highest BCUT2D eigenvalue weighted by molar-refractivity contribution is 6.30. The van der Waals surface area contributed by atoms with Gasteiger partial charge in [-0.3, -0.25) is 9.59 Å². The summed E-state index contributed by atoms with van der Waals surface area (Å²) in [4.78, 5) is 25.8. The molecule has 1 saturated carbocycles.